The fourth-order valence-electron chi connectivity index (χ4n) is 3.91. The molecule has 0 spiro atoms. The lowest BCUT2D eigenvalue weighted by Gasteiger charge is -2.32. The third-order valence-corrected chi connectivity index (χ3v) is 5.41. The number of likely N-dealkylation sites (tertiary alicyclic amines) is 1. The smallest absolute Gasteiger partial charge is 0.387 e. The molecule has 0 unspecified atom stereocenters. The molecule has 4 rings (SSSR count). The second-order valence-electron chi connectivity index (χ2n) is 7.25. The van der Waals surface area contributed by atoms with Crippen LogP contribution in [0.3, 0.4) is 0 Å². The molecule has 1 aromatic carbocycles. The highest BCUT2D eigenvalue weighted by Crippen LogP contribution is 2.36. The van der Waals surface area contributed by atoms with Gasteiger partial charge in [-0.2, -0.15) is 8.78 Å². The number of nitrogens with one attached hydrogen (secondary N) is 1. The number of nitrogens with zero attached hydrogens (tertiary/aromatic N) is 4. The zero-order valence-electron chi connectivity index (χ0n) is 17.0. The molecule has 3 heterocycles. The Morgan fingerprint density at radius 3 is 2.90 bits per heavy atom. The maximum absolute atomic E-state index is 13.0. The number of piperidine rings is 1. The first kappa shape index (κ1) is 20.3. The summed E-state index contributed by atoms with van der Waals surface area (Å²) in [6, 6.07) is 8.80. The van der Waals surface area contributed by atoms with Crippen LogP contribution in [0.5, 0.6) is 11.5 Å². The molecule has 1 atom stereocenters. The van der Waals surface area contributed by atoms with Gasteiger partial charge in [-0.15, -0.1) is 10.2 Å². The second-order valence-corrected chi connectivity index (χ2v) is 7.25. The first-order valence-electron chi connectivity index (χ1n) is 10.0. The van der Waals surface area contributed by atoms with E-state index in [9.17, 15) is 8.78 Å². The lowest BCUT2D eigenvalue weighted by molar-refractivity contribution is -0.0495. The molecule has 0 radical (unpaired) electrons. The summed E-state index contributed by atoms with van der Waals surface area (Å²) in [5, 5.41) is 12.2. The van der Waals surface area contributed by atoms with Gasteiger partial charge in [-0.3, -0.25) is 4.40 Å². The Morgan fingerprint density at radius 2 is 2.13 bits per heavy atom. The van der Waals surface area contributed by atoms with E-state index in [4.69, 9.17) is 9.47 Å². The monoisotopic (exact) mass is 417 g/mol. The van der Waals surface area contributed by atoms with Crippen LogP contribution in [0, 0.1) is 0 Å². The predicted octanol–water partition coefficient (Wildman–Crippen LogP) is 3.90. The molecule has 0 saturated carbocycles. The van der Waals surface area contributed by atoms with E-state index in [2.05, 4.69) is 27.3 Å². The van der Waals surface area contributed by atoms with Crippen molar-refractivity contribution in [3.63, 3.8) is 0 Å². The Balaban J connectivity index is 1.69. The van der Waals surface area contributed by atoms with Gasteiger partial charge in [-0.05, 0) is 50.2 Å². The normalized spacial score (nSPS) is 17.4. The lowest BCUT2D eigenvalue weighted by Crippen LogP contribution is -2.42. The van der Waals surface area contributed by atoms with Crippen LogP contribution < -0.4 is 14.8 Å². The number of alkyl halides is 2. The Morgan fingerprint density at radius 1 is 1.27 bits per heavy atom. The molecule has 3 aromatic rings. The van der Waals surface area contributed by atoms with Crippen LogP contribution in [0.2, 0.25) is 0 Å². The van der Waals surface area contributed by atoms with Crippen molar-refractivity contribution in [2.24, 2.45) is 0 Å². The molecular formula is C21H25F2N5O2. The average molecular weight is 417 g/mol. The highest BCUT2D eigenvalue weighted by atomic mass is 19.3. The van der Waals surface area contributed by atoms with E-state index in [0.29, 0.717) is 23.0 Å². The van der Waals surface area contributed by atoms with Crippen LogP contribution in [0.4, 0.5) is 14.7 Å². The molecule has 1 aliphatic rings. The lowest BCUT2D eigenvalue weighted by atomic mass is 10.1. The highest BCUT2D eigenvalue weighted by molar-refractivity contribution is 5.81. The summed E-state index contributed by atoms with van der Waals surface area (Å²) in [6.45, 7) is 2.29. The number of halogens is 2. The first-order chi connectivity index (χ1) is 14.6. The van der Waals surface area contributed by atoms with Crippen LogP contribution in [-0.4, -0.2) is 58.9 Å². The molecule has 1 saturated heterocycles. The molecule has 1 fully saturated rings. The van der Waals surface area contributed by atoms with E-state index in [1.54, 1.807) is 12.1 Å². The standard InChI is InChI=1S/C21H25F2N5O2/c1-3-27-10-4-6-14(13-27)24-21-26-25-19(17-7-5-11-28(17)21)16-9-8-15(29-2)12-18(16)30-20(22)23/h5,7-9,11-12,14,20H,3-4,6,10,13H2,1-2H3,(H,24,26)/t14-/m1/s1. The number of hydrogen-bond donors (Lipinski definition) is 1. The molecule has 160 valence electrons. The fraction of sp³-hybridized carbons (Fsp3) is 0.429. The summed E-state index contributed by atoms with van der Waals surface area (Å²) < 4.78 is 37.7. The summed E-state index contributed by atoms with van der Waals surface area (Å²) in [6.07, 6.45) is 4.08. The number of hydrogen-bond acceptors (Lipinski definition) is 6. The van der Waals surface area contributed by atoms with Crippen molar-refractivity contribution in [1.82, 2.24) is 19.5 Å². The molecule has 0 amide bonds. The summed E-state index contributed by atoms with van der Waals surface area (Å²) in [4.78, 5) is 2.40. The van der Waals surface area contributed by atoms with Crippen LogP contribution in [0.15, 0.2) is 36.5 Å². The number of likely N-dealkylation sites (N-methyl/N-ethyl adjacent to an activating group) is 1. The van der Waals surface area contributed by atoms with Crippen LogP contribution in [0.1, 0.15) is 19.8 Å². The first-order valence-corrected chi connectivity index (χ1v) is 10.0. The van der Waals surface area contributed by atoms with Crippen molar-refractivity contribution < 1.29 is 18.3 Å². The molecule has 1 aliphatic heterocycles. The average Bonchev–Trinajstić information content (AvgIpc) is 3.24. The van der Waals surface area contributed by atoms with Crippen LogP contribution in [0.25, 0.3) is 16.8 Å². The number of methoxy groups -OCH3 is 1. The summed E-state index contributed by atoms with van der Waals surface area (Å²) in [7, 11) is 1.47. The van der Waals surface area contributed by atoms with E-state index in [-0.39, 0.29) is 11.8 Å². The number of aromatic nitrogens is 3. The maximum atomic E-state index is 13.0. The van der Waals surface area contributed by atoms with Gasteiger partial charge in [0, 0.05) is 30.4 Å². The van der Waals surface area contributed by atoms with Crippen molar-refractivity contribution in [3.8, 4) is 22.8 Å². The molecule has 2 aromatic heterocycles. The van der Waals surface area contributed by atoms with Gasteiger partial charge < -0.3 is 19.7 Å². The number of rotatable bonds is 7. The number of anilines is 1. The Bertz CT molecular complexity index is 1010. The minimum Gasteiger partial charge on any atom is -0.497 e. The quantitative estimate of drug-likeness (QED) is 0.629. The zero-order chi connectivity index (χ0) is 21.1. The van der Waals surface area contributed by atoms with Gasteiger partial charge in [0.1, 0.15) is 17.2 Å². The molecule has 0 bridgehead atoms. The fourth-order valence-corrected chi connectivity index (χ4v) is 3.91. The summed E-state index contributed by atoms with van der Waals surface area (Å²) in [5.74, 6) is 1.05. The Kier molecular flexibility index (Phi) is 5.98. The van der Waals surface area contributed by atoms with Crippen molar-refractivity contribution in [2.45, 2.75) is 32.4 Å². The van der Waals surface area contributed by atoms with Gasteiger partial charge in [0.2, 0.25) is 5.95 Å². The third kappa shape index (κ3) is 4.16. The molecule has 7 nitrogen and oxygen atoms in total. The van der Waals surface area contributed by atoms with Crippen molar-refractivity contribution in [3.05, 3.63) is 36.5 Å². The van der Waals surface area contributed by atoms with Crippen LogP contribution in [-0.2, 0) is 0 Å². The number of benzene rings is 1. The van der Waals surface area contributed by atoms with Gasteiger partial charge in [0.15, 0.2) is 0 Å². The van der Waals surface area contributed by atoms with Crippen molar-refractivity contribution in [1.29, 1.82) is 0 Å². The van der Waals surface area contributed by atoms with Gasteiger partial charge in [-0.1, -0.05) is 6.92 Å². The Hall–Kier alpha value is -2.94. The van der Waals surface area contributed by atoms with E-state index >= 15 is 0 Å². The van der Waals surface area contributed by atoms with Crippen molar-refractivity contribution >= 4 is 11.5 Å². The van der Waals surface area contributed by atoms with E-state index in [1.165, 1.54) is 13.2 Å². The molecule has 30 heavy (non-hydrogen) atoms. The predicted molar refractivity (Wildman–Crippen MR) is 110 cm³/mol. The van der Waals surface area contributed by atoms with E-state index in [1.807, 2.05) is 22.7 Å². The third-order valence-electron chi connectivity index (χ3n) is 5.41. The summed E-state index contributed by atoms with van der Waals surface area (Å²) >= 11 is 0. The van der Waals surface area contributed by atoms with E-state index in [0.717, 1.165) is 38.0 Å². The largest absolute Gasteiger partial charge is 0.497 e. The molecule has 1 N–H and O–H groups in total. The summed E-state index contributed by atoms with van der Waals surface area (Å²) in [5.41, 5.74) is 1.64. The van der Waals surface area contributed by atoms with Crippen molar-refractivity contribution in [2.75, 3.05) is 32.1 Å². The highest BCUT2D eigenvalue weighted by Gasteiger charge is 2.22. The minimum absolute atomic E-state index is 0.00618. The van der Waals surface area contributed by atoms with Gasteiger partial charge in [-0.25, -0.2) is 0 Å². The maximum Gasteiger partial charge on any atom is 0.387 e. The molecular weight excluding hydrogens is 392 g/mol. The van der Waals surface area contributed by atoms with E-state index < -0.39 is 6.61 Å². The van der Waals surface area contributed by atoms with Crippen LogP contribution >= 0.6 is 0 Å². The van der Waals surface area contributed by atoms with Gasteiger partial charge in [0.25, 0.3) is 0 Å². The SMILES string of the molecule is CCN1CCC[C@@H](Nc2nnc(-c3ccc(OC)cc3OC(F)F)c3cccn23)C1. The number of ether oxygens (including phenoxy) is 2. The van der Waals surface area contributed by atoms with Gasteiger partial charge in [0.05, 0.1) is 12.6 Å². The molecule has 9 heteroatoms. The topological polar surface area (TPSA) is 63.9 Å². The molecule has 0 aliphatic carbocycles. The zero-order valence-corrected chi connectivity index (χ0v) is 17.0. The van der Waals surface area contributed by atoms with Gasteiger partial charge >= 0.3 is 6.61 Å². The second kappa shape index (κ2) is 8.83. The Labute approximate surface area is 173 Å². The minimum atomic E-state index is -2.96. The number of fused-ring (bicyclic) bond motifs is 1.